The topological polar surface area (TPSA) is 23.6 Å². The first-order valence-electron chi connectivity index (χ1n) is 5.78. The Balaban J connectivity index is 2.58. The third kappa shape index (κ3) is 3.30. The van der Waals surface area contributed by atoms with Gasteiger partial charge < -0.3 is 4.90 Å². The fraction of sp³-hybridized carbons (Fsp3) is 0.750. The van der Waals surface area contributed by atoms with E-state index in [-0.39, 0.29) is 5.91 Å². The molecule has 0 saturated carbocycles. The molecule has 4 heteroatoms. The molecule has 0 aromatic carbocycles. The molecular formula is C12H21FN2O. The van der Waals surface area contributed by atoms with Gasteiger partial charge in [-0.3, -0.25) is 9.69 Å². The number of carbonyl (C=O) groups is 1. The van der Waals surface area contributed by atoms with Crippen molar-refractivity contribution in [2.24, 2.45) is 5.92 Å². The second-order valence-corrected chi connectivity index (χ2v) is 4.63. The number of hydrogen-bond acceptors (Lipinski definition) is 2. The number of likely N-dealkylation sites (N-methyl/N-ethyl adjacent to an activating group) is 1. The molecule has 3 nitrogen and oxygen atoms in total. The fourth-order valence-electron chi connectivity index (χ4n) is 2.07. The van der Waals surface area contributed by atoms with Crippen molar-refractivity contribution >= 4 is 5.91 Å². The molecule has 1 unspecified atom stereocenters. The largest absolute Gasteiger partial charge is 0.336 e. The number of allylic oxidation sites excluding steroid dienone is 1. The van der Waals surface area contributed by atoms with Crippen LogP contribution in [0.25, 0.3) is 0 Å². The molecule has 0 N–H and O–H groups in total. The van der Waals surface area contributed by atoms with Crippen molar-refractivity contribution in [1.29, 1.82) is 0 Å². The van der Waals surface area contributed by atoms with E-state index in [0.717, 1.165) is 19.6 Å². The van der Waals surface area contributed by atoms with E-state index in [0.29, 0.717) is 12.0 Å². The molecule has 1 amide bonds. The minimum atomic E-state index is -0.576. The van der Waals surface area contributed by atoms with Crippen LogP contribution in [-0.2, 0) is 4.79 Å². The predicted octanol–water partition coefficient (Wildman–Crippen LogP) is 1.31. The number of hydrogen-bond donors (Lipinski definition) is 0. The zero-order valence-corrected chi connectivity index (χ0v) is 10.3. The van der Waals surface area contributed by atoms with Gasteiger partial charge in [0, 0.05) is 31.8 Å². The number of nitrogens with zero attached hydrogens (tertiary/aromatic N) is 2. The van der Waals surface area contributed by atoms with Crippen LogP contribution in [0.4, 0.5) is 4.39 Å². The van der Waals surface area contributed by atoms with Gasteiger partial charge in [0.1, 0.15) is 6.67 Å². The maximum atomic E-state index is 11.9. The molecule has 92 valence electrons. The highest BCUT2D eigenvalue weighted by Crippen LogP contribution is 2.15. The second kappa shape index (κ2) is 5.99. The van der Waals surface area contributed by atoms with Gasteiger partial charge in [0.25, 0.3) is 0 Å². The molecule has 16 heavy (non-hydrogen) atoms. The van der Waals surface area contributed by atoms with Crippen molar-refractivity contribution in [2.75, 3.05) is 33.4 Å². The average Bonchev–Trinajstić information content (AvgIpc) is 2.26. The highest BCUT2D eigenvalue weighted by molar-refractivity contribution is 5.87. The molecule has 1 rings (SSSR count). The summed E-state index contributed by atoms with van der Waals surface area (Å²) in [6.45, 7) is 6.10. The van der Waals surface area contributed by atoms with Crippen molar-refractivity contribution in [3.63, 3.8) is 0 Å². The Morgan fingerprint density at radius 3 is 2.75 bits per heavy atom. The molecule has 1 atom stereocenters. The lowest BCUT2D eigenvalue weighted by atomic mass is 10.0. The molecule has 1 aliphatic rings. The SMILES string of the molecule is CC(C)C1CN(C(=O)/C=C/CF)CCN1C. The summed E-state index contributed by atoms with van der Waals surface area (Å²) in [6.07, 6.45) is 2.60. The lowest BCUT2D eigenvalue weighted by Gasteiger charge is -2.41. The molecule has 0 radical (unpaired) electrons. The quantitative estimate of drug-likeness (QED) is 0.680. The fourth-order valence-corrected chi connectivity index (χ4v) is 2.07. The van der Waals surface area contributed by atoms with Crippen LogP contribution in [0.3, 0.4) is 0 Å². The van der Waals surface area contributed by atoms with Gasteiger partial charge in [-0.1, -0.05) is 13.8 Å². The zero-order chi connectivity index (χ0) is 12.1. The van der Waals surface area contributed by atoms with Crippen LogP contribution < -0.4 is 0 Å². The van der Waals surface area contributed by atoms with Crippen molar-refractivity contribution in [3.05, 3.63) is 12.2 Å². The summed E-state index contributed by atoms with van der Waals surface area (Å²) >= 11 is 0. The first kappa shape index (κ1) is 13.2. The van der Waals surface area contributed by atoms with Crippen LogP contribution in [0.2, 0.25) is 0 Å². The number of rotatable bonds is 3. The summed E-state index contributed by atoms with van der Waals surface area (Å²) in [4.78, 5) is 15.8. The molecule has 1 heterocycles. The first-order chi connectivity index (χ1) is 7.56. The third-order valence-electron chi connectivity index (χ3n) is 3.13. The Kier molecular flexibility index (Phi) is 4.93. The van der Waals surface area contributed by atoms with E-state index in [1.54, 1.807) is 4.90 Å². The van der Waals surface area contributed by atoms with Crippen molar-refractivity contribution in [2.45, 2.75) is 19.9 Å². The summed E-state index contributed by atoms with van der Waals surface area (Å²) < 4.78 is 11.9. The lowest BCUT2D eigenvalue weighted by molar-refractivity contribution is -0.129. The molecule has 0 aliphatic carbocycles. The number of halogens is 1. The van der Waals surface area contributed by atoms with E-state index in [9.17, 15) is 9.18 Å². The predicted molar refractivity (Wildman–Crippen MR) is 63.0 cm³/mol. The molecule has 0 bridgehead atoms. The molecule has 1 aliphatic heterocycles. The van der Waals surface area contributed by atoms with E-state index in [1.807, 2.05) is 0 Å². The van der Waals surface area contributed by atoms with Gasteiger partial charge in [-0.15, -0.1) is 0 Å². The smallest absolute Gasteiger partial charge is 0.246 e. The molecule has 1 fully saturated rings. The average molecular weight is 228 g/mol. The van der Waals surface area contributed by atoms with Gasteiger partial charge in [-0.05, 0) is 19.0 Å². The number of alkyl halides is 1. The number of carbonyl (C=O) groups excluding carboxylic acids is 1. The van der Waals surface area contributed by atoms with Crippen molar-refractivity contribution in [3.8, 4) is 0 Å². The summed E-state index contributed by atoms with van der Waals surface area (Å²) in [5.74, 6) is 0.446. The summed E-state index contributed by atoms with van der Waals surface area (Å²) in [5, 5.41) is 0. The Morgan fingerprint density at radius 1 is 1.50 bits per heavy atom. The van der Waals surface area contributed by atoms with Crippen LogP contribution in [0.5, 0.6) is 0 Å². The van der Waals surface area contributed by atoms with Gasteiger partial charge in [0.05, 0.1) is 0 Å². The Labute approximate surface area is 96.9 Å². The number of piperazine rings is 1. The van der Waals surface area contributed by atoms with Crippen LogP contribution in [0, 0.1) is 5.92 Å². The lowest BCUT2D eigenvalue weighted by Crippen LogP contribution is -2.54. The number of amides is 1. The second-order valence-electron chi connectivity index (χ2n) is 4.63. The minimum Gasteiger partial charge on any atom is -0.336 e. The van der Waals surface area contributed by atoms with E-state index in [4.69, 9.17) is 0 Å². The maximum absolute atomic E-state index is 11.9. The standard InChI is InChI=1S/C12H21FN2O/c1-10(2)11-9-15(8-7-14(11)3)12(16)5-4-6-13/h4-5,10-11H,6-9H2,1-3H3/b5-4+. The van der Waals surface area contributed by atoms with Crippen LogP contribution in [0.1, 0.15) is 13.8 Å². The summed E-state index contributed by atoms with van der Waals surface area (Å²) in [7, 11) is 2.09. The van der Waals surface area contributed by atoms with Crippen molar-refractivity contribution < 1.29 is 9.18 Å². The Hall–Kier alpha value is -0.900. The highest BCUT2D eigenvalue weighted by atomic mass is 19.1. The van der Waals surface area contributed by atoms with E-state index < -0.39 is 6.67 Å². The molecule has 0 aromatic rings. The monoisotopic (exact) mass is 228 g/mol. The van der Waals surface area contributed by atoms with Crippen LogP contribution in [-0.4, -0.2) is 55.1 Å². The summed E-state index contributed by atoms with van der Waals surface area (Å²) in [5.41, 5.74) is 0. The third-order valence-corrected chi connectivity index (χ3v) is 3.13. The normalized spacial score (nSPS) is 23.3. The highest BCUT2D eigenvalue weighted by Gasteiger charge is 2.28. The van der Waals surface area contributed by atoms with Crippen LogP contribution >= 0.6 is 0 Å². The Bertz CT molecular complexity index is 266. The molecule has 0 spiro atoms. The zero-order valence-electron chi connectivity index (χ0n) is 10.3. The molecule has 0 aromatic heterocycles. The van der Waals surface area contributed by atoms with E-state index in [1.165, 1.54) is 12.2 Å². The molecule has 1 saturated heterocycles. The Morgan fingerprint density at radius 2 is 2.19 bits per heavy atom. The maximum Gasteiger partial charge on any atom is 0.246 e. The van der Waals surface area contributed by atoms with Gasteiger partial charge in [0.2, 0.25) is 5.91 Å². The van der Waals surface area contributed by atoms with Gasteiger partial charge in [-0.25, -0.2) is 4.39 Å². The molecular weight excluding hydrogens is 207 g/mol. The van der Waals surface area contributed by atoms with Gasteiger partial charge in [-0.2, -0.15) is 0 Å². The van der Waals surface area contributed by atoms with E-state index >= 15 is 0 Å². The van der Waals surface area contributed by atoms with Gasteiger partial charge in [0.15, 0.2) is 0 Å². The minimum absolute atomic E-state index is 0.0728. The summed E-state index contributed by atoms with van der Waals surface area (Å²) in [6, 6.07) is 0.400. The van der Waals surface area contributed by atoms with Crippen molar-refractivity contribution in [1.82, 2.24) is 9.80 Å². The first-order valence-corrected chi connectivity index (χ1v) is 5.78. The van der Waals surface area contributed by atoms with E-state index in [2.05, 4.69) is 25.8 Å². The van der Waals surface area contributed by atoms with Gasteiger partial charge >= 0.3 is 0 Å². The van der Waals surface area contributed by atoms with Crippen LogP contribution in [0.15, 0.2) is 12.2 Å².